The molecule has 0 radical (unpaired) electrons. The molecule has 1 aromatic carbocycles. The molecule has 1 amide bonds. The third-order valence-electron chi connectivity index (χ3n) is 2.17. The van der Waals surface area contributed by atoms with Crippen molar-refractivity contribution >= 4 is 11.6 Å². The highest BCUT2D eigenvalue weighted by Crippen LogP contribution is 2.35. The molecule has 1 aliphatic heterocycles. The van der Waals surface area contributed by atoms with Gasteiger partial charge in [-0.05, 0) is 18.2 Å². The Morgan fingerprint density at radius 1 is 1.31 bits per heavy atom. The van der Waals surface area contributed by atoms with Crippen LogP contribution < -0.4 is 10.1 Å². The van der Waals surface area contributed by atoms with E-state index in [0.29, 0.717) is 0 Å². The van der Waals surface area contributed by atoms with Gasteiger partial charge in [0.1, 0.15) is 5.75 Å². The highest BCUT2D eigenvalue weighted by molar-refractivity contribution is 5.93. The number of carbonyl (C=O) groups excluding carboxylic acids is 1. The molecule has 0 aliphatic carbocycles. The van der Waals surface area contributed by atoms with Gasteiger partial charge in [0, 0.05) is 0 Å². The van der Waals surface area contributed by atoms with Crippen molar-refractivity contribution in [2.45, 2.75) is 12.6 Å². The molecule has 0 unspecified atom stereocenters. The van der Waals surface area contributed by atoms with Crippen LogP contribution in [0.3, 0.4) is 0 Å². The Bertz CT molecular complexity index is 429. The maximum absolute atomic E-state index is 12.4. The van der Waals surface area contributed by atoms with Gasteiger partial charge >= 0.3 is 6.18 Å². The highest BCUT2D eigenvalue weighted by Gasteiger charge is 2.31. The number of ether oxygens (including phenoxy) is 1. The van der Waals surface area contributed by atoms with Gasteiger partial charge in [-0.1, -0.05) is 0 Å². The molecule has 6 heteroatoms. The number of nitrogens with one attached hydrogen (secondary N) is 1. The van der Waals surface area contributed by atoms with Crippen LogP contribution in [0.15, 0.2) is 18.2 Å². The summed E-state index contributed by atoms with van der Waals surface area (Å²) in [6, 6.07) is 3.01. The number of halogens is 3. The van der Waals surface area contributed by atoms with Gasteiger partial charge in [-0.3, -0.25) is 4.79 Å². The molecule has 2 rings (SSSR count). The SMILES string of the molecule is O=C1CCOc2ccc(C(F)(F)F)cc2N1. The second kappa shape index (κ2) is 3.70. The van der Waals surface area contributed by atoms with Crippen LogP contribution in [0, 0.1) is 0 Å². The van der Waals surface area contributed by atoms with Crippen LogP contribution in [-0.2, 0) is 11.0 Å². The zero-order valence-corrected chi connectivity index (χ0v) is 8.10. The van der Waals surface area contributed by atoms with E-state index in [9.17, 15) is 18.0 Å². The molecule has 3 nitrogen and oxygen atoms in total. The number of hydrogen-bond donors (Lipinski definition) is 1. The molecule has 0 saturated heterocycles. The first kappa shape index (κ1) is 10.8. The lowest BCUT2D eigenvalue weighted by molar-refractivity contribution is -0.137. The van der Waals surface area contributed by atoms with Crippen LogP contribution in [0.25, 0.3) is 0 Å². The summed E-state index contributed by atoms with van der Waals surface area (Å²) in [5.74, 6) is -0.0862. The van der Waals surface area contributed by atoms with Gasteiger partial charge in [0.25, 0.3) is 0 Å². The van der Waals surface area contributed by atoms with Crippen molar-refractivity contribution < 1.29 is 22.7 Å². The highest BCUT2D eigenvalue weighted by atomic mass is 19.4. The number of hydrogen-bond acceptors (Lipinski definition) is 2. The van der Waals surface area contributed by atoms with Crippen LogP contribution in [-0.4, -0.2) is 12.5 Å². The predicted molar refractivity (Wildman–Crippen MR) is 50.2 cm³/mol. The fourth-order valence-corrected chi connectivity index (χ4v) is 1.40. The number of carbonyl (C=O) groups is 1. The largest absolute Gasteiger partial charge is 0.491 e. The van der Waals surface area contributed by atoms with Crippen LogP contribution in [0.4, 0.5) is 18.9 Å². The van der Waals surface area contributed by atoms with Gasteiger partial charge in [0.2, 0.25) is 5.91 Å². The van der Waals surface area contributed by atoms with Crippen molar-refractivity contribution in [2.75, 3.05) is 11.9 Å². The summed E-state index contributed by atoms with van der Waals surface area (Å²) in [6.07, 6.45) is -4.29. The number of benzene rings is 1. The third kappa shape index (κ3) is 2.10. The van der Waals surface area contributed by atoms with E-state index in [1.165, 1.54) is 6.07 Å². The molecule has 0 atom stereocenters. The van der Waals surface area contributed by atoms with Crippen molar-refractivity contribution in [1.29, 1.82) is 0 Å². The van der Waals surface area contributed by atoms with E-state index in [1.54, 1.807) is 0 Å². The molecule has 1 heterocycles. The topological polar surface area (TPSA) is 38.3 Å². The number of amides is 1. The zero-order valence-electron chi connectivity index (χ0n) is 8.10. The molecule has 1 N–H and O–H groups in total. The summed E-state index contributed by atoms with van der Waals surface area (Å²) < 4.78 is 42.3. The fraction of sp³-hybridized carbons (Fsp3) is 0.300. The van der Waals surface area contributed by atoms with Crippen molar-refractivity contribution in [3.63, 3.8) is 0 Å². The second-order valence-electron chi connectivity index (χ2n) is 3.36. The van der Waals surface area contributed by atoms with Gasteiger partial charge < -0.3 is 10.1 Å². The van der Waals surface area contributed by atoms with Crippen molar-refractivity contribution in [3.8, 4) is 5.75 Å². The van der Waals surface area contributed by atoms with Crippen LogP contribution in [0.5, 0.6) is 5.75 Å². The van der Waals surface area contributed by atoms with E-state index < -0.39 is 11.7 Å². The summed E-state index contributed by atoms with van der Waals surface area (Å²) >= 11 is 0. The summed E-state index contributed by atoms with van der Waals surface area (Å²) in [5, 5.41) is 2.37. The molecule has 0 saturated carbocycles. The fourth-order valence-electron chi connectivity index (χ4n) is 1.40. The molecule has 0 spiro atoms. The van der Waals surface area contributed by atoms with Crippen LogP contribution in [0.1, 0.15) is 12.0 Å². The molecule has 0 fully saturated rings. The van der Waals surface area contributed by atoms with E-state index in [1.807, 2.05) is 0 Å². The molecule has 1 aliphatic rings. The van der Waals surface area contributed by atoms with E-state index >= 15 is 0 Å². The standard InChI is InChI=1S/C10H8F3NO2/c11-10(12,13)6-1-2-8-7(5-6)14-9(15)3-4-16-8/h1-2,5H,3-4H2,(H,14,15). The minimum Gasteiger partial charge on any atom is -0.491 e. The Balaban J connectivity index is 2.40. The summed E-state index contributed by atoms with van der Waals surface area (Å²) in [5.41, 5.74) is -0.741. The van der Waals surface area contributed by atoms with Crippen molar-refractivity contribution in [1.82, 2.24) is 0 Å². The Hall–Kier alpha value is -1.72. The third-order valence-corrected chi connectivity index (χ3v) is 2.17. The van der Waals surface area contributed by atoms with Crippen LogP contribution >= 0.6 is 0 Å². The van der Waals surface area contributed by atoms with Crippen LogP contribution in [0.2, 0.25) is 0 Å². The van der Waals surface area contributed by atoms with Gasteiger partial charge in [-0.25, -0.2) is 0 Å². The number of anilines is 1. The lowest BCUT2D eigenvalue weighted by Gasteiger charge is -2.11. The summed E-state index contributed by atoms with van der Waals surface area (Å²) in [6.45, 7) is 0.171. The first-order chi connectivity index (χ1) is 7.47. The van der Waals surface area contributed by atoms with Crippen molar-refractivity contribution in [3.05, 3.63) is 23.8 Å². The van der Waals surface area contributed by atoms with E-state index in [0.717, 1.165) is 12.1 Å². The monoisotopic (exact) mass is 231 g/mol. The Kier molecular flexibility index (Phi) is 2.49. The lowest BCUT2D eigenvalue weighted by atomic mass is 10.2. The maximum atomic E-state index is 12.4. The first-order valence-corrected chi connectivity index (χ1v) is 4.61. The lowest BCUT2D eigenvalue weighted by Crippen LogP contribution is -2.11. The minimum atomic E-state index is -4.42. The predicted octanol–water partition coefficient (Wildman–Crippen LogP) is 2.43. The quantitative estimate of drug-likeness (QED) is 0.744. The number of fused-ring (bicyclic) bond motifs is 1. The molecule has 1 aromatic rings. The van der Waals surface area contributed by atoms with E-state index in [2.05, 4.69) is 5.32 Å². The van der Waals surface area contributed by atoms with Crippen molar-refractivity contribution in [2.24, 2.45) is 0 Å². The Morgan fingerprint density at radius 2 is 2.06 bits per heavy atom. The van der Waals surface area contributed by atoms with Gasteiger partial charge in [0.15, 0.2) is 0 Å². The average Bonchev–Trinajstić information content (AvgIpc) is 2.35. The molecule has 86 valence electrons. The normalized spacial score (nSPS) is 15.8. The summed E-state index contributed by atoms with van der Waals surface area (Å²) in [4.78, 5) is 11.1. The van der Waals surface area contributed by atoms with Gasteiger partial charge in [0.05, 0.1) is 24.3 Å². The van der Waals surface area contributed by atoms with E-state index in [4.69, 9.17) is 4.74 Å². The smallest absolute Gasteiger partial charge is 0.416 e. The van der Waals surface area contributed by atoms with Gasteiger partial charge in [-0.2, -0.15) is 13.2 Å². The average molecular weight is 231 g/mol. The molecule has 0 aromatic heterocycles. The van der Waals surface area contributed by atoms with E-state index in [-0.39, 0.29) is 30.4 Å². The summed E-state index contributed by atoms with van der Waals surface area (Å²) in [7, 11) is 0. The minimum absolute atomic E-state index is 0.0670. The molecule has 16 heavy (non-hydrogen) atoms. The maximum Gasteiger partial charge on any atom is 0.416 e. The van der Waals surface area contributed by atoms with Gasteiger partial charge in [-0.15, -0.1) is 0 Å². The number of alkyl halides is 3. The molecular weight excluding hydrogens is 223 g/mol. The zero-order chi connectivity index (χ0) is 11.8. The Labute approximate surface area is 89.2 Å². The second-order valence-corrected chi connectivity index (χ2v) is 3.36. The number of rotatable bonds is 0. The Morgan fingerprint density at radius 3 is 2.75 bits per heavy atom. The molecule has 0 bridgehead atoms. The first-order valence-electron chi connectivity index (χ1n) is 4.61. The molecular formula is C10H8F3NO2.